The van der Waals surface area contributed by atoms with Crippen LogP contribution in [0.5, 0.6) is 5.75 Å². The summed E-state index contributed by atoms with van der Waals surface area (Å²) >= 11 is 1.39. The molecule has 0 heterocycles. The number of nitrogens with one attached hydrogen (secondary N) is 1. The Hall–Kier alpha value is -2.54. The number of carbonyl (C=O) groups is 1. The summed E-state index contributed by atoms with van der Waals surface area (Å²) < 4.78 is 5.27. The van der Waals surface area contributed by atoms with E-state index >= 15 is 0 Å². The molecule has 0 aliphatic rings. The van der Waals surface area contributed by atoms with Gasteiger partial charge in [0, 0.05) is 4.90 Å². The second-order valence-corrected chi connectivity index (χ2v) is 8.03. The van der Waals surface area contributed by atoms with E-state index in [0.29, 0.717) is 12.4 Å². The van der Waals surface area contributed by atoms with Gasteiger partial charge in [-0.25, -0.2) is 0 Å². The van der Waals surface area contributed by atoms with Gasteiger partial charge in [-0.05, 0) is 42.2 Å². The van der Waals surface area contributed by atoms with Gasteiger partial charge in [-0.15, -0.1) is 11.8 Å². The summed E-state index contributed by atoms with van der Waals surface area (Å²) in [5.41, 5.74) is 1.28. The van der Waals surface area contributed by atoms with Crippen molar-refractivity contribution in [3.63, 3.8) is 0 Å². The van der Waals surface area contributed by atoms with Gasteiger partial charge in [-0.2, -0.15) is 0 Å². The van der Waals surface area contributed by atoms with E-state index in [1.54, 1.807) is 13.0 Å². The molecule has 0 aromatic heterocycles. The summed E-state index contributed by atoms with van der Waals surface area (Å²) in [6.07, 6.45) is 0. The van der Waals surface area contributed by atoms with Gasteiger partial charge in [-0.1, -0.05) is 32.9 Å². The third kappa shape index (κ3) is 5.99. The summed E-state index contributed by atoms with van der Waals surface area (Å²) in [6, 6.07) is 12.5. The number of amides is 1. The van der Waals surface area contributed by atoms with Crippen LogP contribution >= 0.6 is 11.8 Å². The predicted octanol–water partition coefficient (Wildman–Crippen LogP) is 5.02. The topological polar surface area (TPSA) is 81.5 Å². The highest BCUT2D eigenvalue weighted by Gasteiger charge is 2.18. The van der Waals surface area contributed by atoms with Crippen LogP contribution in [-0.2, 0) is 10.2 Å². The van der Waals surface area contributed by atoms with Crippen LogP contribution in [0.25, 0.3) is 0 Å². The molecule has 27 heavy (non-hydrogen) atoms. The van der Waals surface area contributed by atoms with Gasteiger partial charge < -0.3 is 10.1 Å². The number of thioether (sulfide) groups is 1. The summed E-state index contributed by atoms with van der Waals surface area (Å²) in [4.78, 5) is 23.9. The number of nitro groups is 1. The molecule has 2 aromatic rings. The molecular formula is C20H24N2O4S. The molecule has 2 aromatic carbocycles. The minimum absolute atomic E-state index is 0.0765. The molecule has 1 amide bonds. The Morgan fingerprint density at radius 3 is 2.41 bits per heavy atom. The van der Waals surface area contributed by atoms with Crippen molar-refractivity contribution in [1.29, 1.82) is 0 Å². The first-order valence-corrected chi connectivity index (χ1v) is 9.63. The molecule has 0 saturated carbocycles. The zero-order chi connectivity index (χ0) is 20.0. The van der Waals surface area contributed by atoms with Crippen molar-refractivity contribution in [3.05, 3.63) is 58.1 Å². The number of benzene rings is 2. The van der Waals surface area contributed by atoms with Crippen LogP contribution in [0.3, 0.4) is 0 Å². The van der Waals surface area contributed by atoms with E-state index in [1.165, 1.54) is 29.5 Å². The lowest BCUT2D eigenvalue weighted by molar-refractivity contribution is -0.384. The molecule has 0 aliphatic carbocycles. The third-order valence-electron chi connectivity index (χ3n) is 3.84. The molecule has 0 aliphatic heterocycles. The number of nitro benzene ring substituents is 1. The Labute approximate surface area is 163 Å². The van der Waals surface area contributed by atoms with Crippen LogP contribution in [0.15, 0.2) is 47.4 Å². The van der Waals surface area contributed by atoms with Gasteiger partial charge >= 0.3 is 0 Å². The Balaban J connectivity index is 2.00. The zero-order valence-corrected chi connectivity index (χ0v) is 16.8. The summed E-state index contributed by atoms with van der Waals surface area (Å²) in [5.74, 6) is 0.266. The lowest BCUT2D eigenvalue weighted by Crippen LogP contribution is -2.15. The lowest BCUT2D eigenvalue weighted by Gasteiger charge is -2.19. The maximum absolute atomic E-state index is 12.2. The van der Waals surface area contributed by atoms with E-state index in [9.17, 15) is 14.9 Å². The first-order valence-electron chi connectivity index (χ1n) is 8.65. The van der Waals surface area contributed by atoms with Crippen molar-refractivity contribution >= 4 is 29.0 Å². The van der Waals surface area contributed by atoms with Crippen LogP contribution in [0.4, 0.5) is 11.4 Å². The quantitative estimate of drug-likeness (QED) is 0.409. The fourth-order valence-electron chi connectivity index (χ4n) is 2.41. The lowest BCUT2D eigenvalue weighted by atomic mass is 9.87. The fraction of sp³-hybridized carbons (Fsp3) is 0.350. The van der Waals surface area contributed by atoms with E-state index in [0.717, 1.165) is 4.90 Å². The number of nitrogens with zero attached hydrogens (tertiary/aromatic N) is 1. The van der Waals surface area contributed by atoms with Crippen LogP contribution in [0.2, 0.25) is 0 Å². The SMILES string of the molecule is CCOc1ccc(NC(=O)CSc2ccc(C(C)(C)C)cc2)c([N+](=O)[O-])c1. The number of hydrogen-bond donors (Lipinski definition) is 1. The summed E-state index contributed by atoms with van der Waals surface area (Å²) in [6.45, 7) is 8.64. The molecule has 144 valence electrons. The summed E-state index contributed by atoms with van der Waals surface area (Å²) in [7, 11) is 0. The van der Waals surface area contributed by atoms with Gasteiger partial charge in [0.1, 0.15) is 11.4 Å². The van der Waals surface area contributed by atoms with Gasteiger partial charge in [0.2, 0.25) is 5.91 Å². The van der Waals surface area contributed by atoms with Gasteiger partial charge in [0.25, 0.3) is 5.69 Å². The Kier molecular flexibility index (Phi) is 6.85. The van der Waals surface area contributed by atoms with Crippen molar-refractivity contribution in [2.45, 2.75) is 38.0 Å². The average molecular weight is 388 g/mol. The molecule has 2 rings (SSSR count). The molecular weight excluding hydrogens is 364 g/mol. The minimum Gasteiger partial charge on any atom is -0.494 e. The van der Waals surface area contributed by atoms with Crippen LogP contribution in [-0.4, -0.2) is 23.2 Å². The van der Waals surface area contributed by atoms with Gasteiger partial charge in [0.05, 0.1) is 23.3 Å². The van der Waals surface area contributed by atoms with E-state index in [2.05, 4.69) is 38.2 Å². The molecule has 0 unspecified atom stereocenters. The maximum Gasteiger partial charge on any atom is 0.296 e. The predicted molar refractivity (Wildman–Crippen MR) is 109 cm³/mol. The van der Waals surface area contributed by atoms with Crippen molar-refractivity contribution in [3.8, 4) is 5.75 Å². The van der Waals surface area contributed by atoms with Crippen molar-refractivity contribution in [1.82, 2.24) is 0 Å². The normalized spacial score (nSPS) is 11.1. The molecule has 0 spiro atoms. The van der Waals surface area contributed by atoms with Crippen molar-refractivity contribution < 1.29 is 14.5 Å². The molecule has 7 heteroatoms. The average Bonchev–Trinajstić information content (AvgIpc) is 2.61. The highest BCUT2D eigenvalue weighted by molar-refractivity contribution is 8.00. The Bertz CT molecular complexity index is 814. The number of carbonyl (C=O) groups excluding carboxylic acids is 1. The molecule has 0 radical (unpaired) electrons. The highest BCUT2D eigenvalue weighted by atomic mass is 32.2. The first-order chi connectivity index (χ1) is 12.7. The monoisotopic (exact) mass is 388 g/mol. The largest absolute Gasteiger partial charge is 0.494 e. The van der Waals surface area contributed by atoms with E-state index < -0.39 is 4.92 Å². The number of anilines is 1. The standard InChI is InChI=1S/C20H24N2O4S/c1-5-26-15-8-11-17(18(12-15)22(24)25)21-19(23)13-27-16-9-6-14(7-10-16)20(2,3)4/h6-12H,5,13H2,1-4H3,(H,21,23). The van der Waals surface area contributed by atoms with Gasteiger partial charge in [0.15, 0.2) is 0 Å². The smallest absolute Gasteiger partial charge is 0.296 e. The second kappa shape index (κ2) is 8.90. The van der Waals surface area contributed by atoms with Crippen molar-refractivity contribution in [2.75, 3.05) is 17.7 Å². The van der Waals surface area contributed by atoms with E-state index in [-0.39, 0.29) is 28.4 Å². The zero-order valence-electron chi connectivity index (χ0n) is 15.9. The number of hydrogen-bond acceptors (Lipinski definition) is 5. The molecule has 1 N–H and O–H groups in total. The molecule has 0 atom stereocenters. The van der Waals surface area contributed by atoms with Crippen LogP contribution in [0.1, 0.15) is 33.3 Å². The van der Waals surface area contributed by atoms with E-state index in [4.69, 9.17) is 4.74 Å². The Morgan fingerprint density at radius 1 is 1.19 bits per heavy atom. The number of ether oxygens (including phenoxy) is 1. The first kappa shape index (κ1) is 20.8. The number of rotatable bonds is 7. The minimum atomic E-state index is -0.531. The highest BCUT2D eigenvalue weighted by Crippen LogP contribution is 2.30. The fourth-order valence-corrected chi connectivity index (χ4v) is 3.11. The molecule has 6 nitrogen and oxygen atoms in total. The van der Waals surface area contributed by atoms with E-state index in [1.807, 2.05) is 12.1 Å². The van der Waals surface area contributed by atoms with Gasteiger partial charge in [-0.3, -0.25) is 14.9 Å². The second-order valence-electron chi connectivity index (χ2n) is 6.98. The maximum atomic E-state index is 12.2. The van der Waals surface area contributed by atoms with Crippen LogP contribution in [0, 0.1) is 10.1 Å². The Morgan fingerprint density at radius 2 is 1.85 bits per heavy atom. The van der Waals surface area contributed by atoms with Crippen LogP contribution < -0.4 is 10.1 Å². The van der Waals surface area contributed by atoms with Crippen molar-refractivity contribution in [2.24, 2.45) is 0 Å². The molecule has 0 bridgehead atoms. The third-order valence-corrected chi connectivity index (χ3v) is 4.85. The molecule has 0 fully saturated rings. The molecule has 0 saturated heterocycles. The summed E-state index contributed by atoms with van der Waals surface area (Å²) in [5, 5.41) is 13.9.